The van der Waals surface area contributed by atoms with Gasteiger partial charge in [-0.1, -0.05) is 0 Å². The Bertz CT molecular complexity index is 422. The second kappa shape index (κ2) is 3.47. The van der Waals surface area contributed by atoms with Crippen LogP contribution in [0.5, 0.6) is 0 Å². The molecule has 2 aromatic rings. The van der Waals surface area contributed by atoms with E-state index in [9.17, 15) is 0 Å². The smallest absolute Gasteiger partial charge is 0.0996 e. The van der Waals surface area contributed by atoms with Crippen LogP contribution < -0.4 is 5.32 Å². The molecule has 4 heteroatoms. The van der Waals surface area contributed by atoms with E-state index in [0.717, 1.165) is 22.2 Å². The summed E-state index contributed by atoms with van der Waals surface area (Å²) in [5, 5.41) is 3.09. The molecule has 0 atom stereocenters. The molecular weight excluding hydrogens is 230 g/mol. The van der Waals surface area contributed by atoms with Gasteiger partial charge in [0.1, 0.15) is 0 Å². The van der Waals surface area contributed by atoms with Crippen molar-refractivity contribution in [1.29, 1.82) is 0 Å². The lowest BCUT2D eigenvalue weighted by Gasteiger charge is -1.99. The number of nitrogens with one attached hydrogen (secondary N) is 1. The highest BCUT2D eigenvalue weighted by Crippen LogP contribution is 2.20. The molecule has 68 valence electrons. The lowest BCUT2D eigenvalue weighted by atomic mass is 10.3. The molecular formula is C9H10BrN3. The van der Waals surface area contributed by atoms with Gasteiger partial charge in [0, 0.05) is 17.2 Å². The lowest BCUT2D eigenvalue weighted by Crippen LogP contribution is -2.05. The first-order chi connectivity index (χ1) is 6.33. The van der Waals surface area contributed by atoms with Crippen molar-refractivity contribution in [2.75, 3.05) is 7.05 Å². The van der Waals surface area contributed by atoms with Crippen LogP contribution >= 0.6 is 15.9 Å². The highest BCUT2D eigenvalue weighted by atomic mass is 79.9. The van der Waals surface area contributed by atoms with E-state index >= 15 is 0 Å². The predicted octanol–water partition coefficient (Wildman–Crippen LogP) is 1.82. The van der Waals surface area contributed by atoms with Gasteiger partial charge in [0.2, 0.25) is 0 Å². The van der Waals surface area contributed by atoms with Gasteiger partial charge in [0.15, 0.2) is 0 Å². The molecule has 13 heavy (non-hydrogen) atoms. The molecule has 0 aliphatic heterocycles. The fraction of sp³-hybridized carbons (Fsp3) is 0.222. The number of nitrogens with zero attached hydrogens (tertiary/aromatic N) is 2. The minimum absolute atomic E-state index is 0.791. The zero-order valence-corrected chi connectivity index (χ0v) is 8.87. The number of aromatic nitrogens is 2. The highest BCUT2D eigenvalue weighted by molar-refractivity contribution is 9.10. The Morgan fingerprint density at radius 1 is 1.62 bits per heavy atom. The second-order valence-corrected chi connectivity index (χ2v) is 3.69. The molecule has 0 radical (unpaired) electrons. The van der Waals surface area contributed by atoms with Crippen LogP contribution in [0, 0.1) is 0 Å². The molecule has 3 nitrogen and oxygen atoms in total. The Labute approximate surface area is 84.9 Å². The van der Waals surface area contributed by atoms with Crippen LogP contribution in [0.2, 0.25) is 0 Å². The second-order valence-electron chi connectivity index (χ2n) is 2.83. The molecule has 0 fully saturated rings. The van der Waals surface area contributed by atoms with E-state index in [1.54, 1.807) is 0 Å². The number of imidazole rings is 1. The van der Waals surface area contributed by atoms with Gasteiger partial charge in [-0.2, -0.15) is 0 Å². The van der Waals surface area contributed by atoms with Gasteiger partial charge in [-0.25, -0.2) is 4.98 Å². The summed E-state index contributed by atoms with van der Waals surface area (Å²) >= 11 is 3.51. The summed E-state index contributed by atoms with van der Waals surface area (Å²) in [4.78, 5) is 4.32. The number of hydrogen-bond acceptors (Lipinski definition) is 2. The van der Waals surface area contributed by atoms with Crippen LogP contribution in [-0.4, -0.2) is 16.4 Å². The van der Waals surface area contributed by atoms with Gasteiger partial charge >= 0.3 is 0 Å². The van der Waals surface area contributed by atoms with Gasteiger partial charge < -0.3 is 9.72 Å². The fourth-order valence-corrected chi connectivity index (χ4v) is 1.96. The topological polar surface area (TPSA) is 29.3 Å². The molecule has 0 bridgehead atoms. The number of halogens is 1. The SMILES string of the molecule is CNCc1ncn2cccc(Br)c12. The third-order valence-electron chi connectivity index (χ3n) is 1.93. The van der Waals surface area contributed by atoms with Crippen LogP contribution in [-0.2, 0) is 6.54 Å². The Balaban J connectivity index is 2.64. The van der Waals surface area contributed by atoms with E-state index in [1.165, 1.54) is 0 Å². The van der Waals surface area contributed by atoms with Crippen molar-refractivity contribution in [3.63, 3.8) is 0 Å². The Morgan fingerprint density at radius 3 is 3.23 bits per heavy atom. The van der Waals surface area contributed by atoms with Crippen molar-refractivity contribution in [2.24, 2.45) is 0 Å². The first-order valence-electron chi connectivity index (χ1n) is 4.07. The maximum atomic E-state index is 4.32. The molecule has 2 aromatic heterocycles. The predicted molar refractivity (Wildman–Crippen MR) is 55.7 cm³/mol. The molecule has 0 unspecified atom stereocenters. The molecule has 2 heterocycles. The average Bonchev–Trinajstić information content (AvgIpc) is 2.51. The maximum absolute atomic E-state index is 4.32. The van der Waals surface area contributed by atoms with Gasteiger partial charge in [-0.05, 0) is 35.1 Å². The summed E-state index contributed by atoms with van der Waals surface area (Å²) in [7, 11) is 1.92. The summed E-state index contributed by atoms with van der Waals surface area (Å²) in [6.07, 6.45) is 3.82. The molecule has 0 spiro atoms. The molecule has 0 aromatic carbocycles. The van der Waals surface area contributed by atoms with Crippen molar-refractivity contribution in [1.82, 2.24) is 14.7 Å². The van der Waals surface area contributed by atoms with Crippen molar-refractivity contribution in [2.45, 2.75) is 6.54 Å². The Morgan fingerprint density at radius 2 is 2.46 bits per heavy atom. The monoisotopic (exact) mass is 239 g/mol. The minimum atomic E-state index is 0.791. The number of pyridine rings is 1. The third kappa shape index (κ3) is 1.47. The standard InChI is InChI=1S/C9H10BrN3/c1-11-5-8-9-7(10)3-2-4-13(9)6-12-8/h2-4,6,11H,5H2,1H3. The van der Waals surface area contributed by atoms with E-state index < -0.39 is 0 Å². The van der Waals surface area contributed by atoms with Crippen LogP contribution in [0.1, 0.15) is 5.69 Å². The summed E-state index contributed by atoms with van der Waals surface area (Å²) in [5.41, 5.74) is 2.20. The Kier molecular flexibility index (Phi) is 2.33. The van der Waals surface area contributed by atoms with Crippen molar-refractivity contribution >= 4 is 21.4 Å². The van der Waals surface area contributed by atoms with Gasteiger partial charge in [0.25, 0.3) is 0 Å². The number of fused-ring (bicyclic) bond motifs is 1. The van der Waals surface area contributed by atoms with Crippen molar-refractivity contribution < 1.29 is 0 Å². The van der Waals surface area contributed by atoms with Crippen molar-refractivity contribution in [3.8, 4) is 0 Å². The van der Waals surface area contributed by atoms with E-state index in [1.807, 2.05) is 36.1 Å². The average molecular weight is 240 g/mol. The fourth-order valence-electron chi connectivity index (χ4n) is 1.37. The number of hydrogen-bond donors (Lipinski definition) is 1. The summed E-state index contributed by atoms with van der Waals surface area (Å²) in [6.45, 7) is 0.791. The van der Waals surface area contributed by atoms with Gasteiger partial charge in [0.05, 0.1) is 17.5 Å². The summed E-state index contributed by atoms with van der Waals surface area (Å²) < 4.78 is 3.09. The molecule has 0 aliphatic carbocycles. The van der Waals surface area contributed by atoms with E-state index in [2.05, 4.69) is 26.2 Å². The van der Waals surface area contributed by atoms with Crippen molar-refractivity contribution in [3.05, 3.63) is 34.8 Å². The number of rotatable bonds is 2. The van der Waals surface area contributed by atoms with Crippen LogP contribution in [0.25, 0.3) is 5.52 Å². The van der Waals surface area contributed by atoms with Crippen LogP contribution in [0.4, 0.5) is 0 Å². The molecule has 0 saturated heterocycles. The van der Waals surface area contributed by atoms with Gasteiger partial charge in [-0.15, -0.1) is 0 Å². The maximum Gasteiger partial charge on any atom is 0.0996 e. The lowest BCUT2D eigenvalue weighted by molar-refractivity contribution is 0.802. The molecule has 0 saturated carbocycles. The first kappa shape index (κ1) is 8.72. The van der Waals surface area contributed by atoms with E-state index in [4.69, 9.17) is 0 Å². The molecule has 2 rings (SSSR count). The zero-order valence-electron chi connectivity index (χ0n) is 7.29. The van der Waals surface area contributed by atoms with Gasteiger partial charge in [-0.3, -0.25) is 0 Å². The normalized spacial score (nSPS) is 10.9. The third-order valence-corrected chi connectivity index (χ3v) is 2.57. The minimum Gasteiger partial charge on any atom is -0.314 e. The molecule has 0 amide bonds. The zero-order chi connectivity index (χ0) is 9.26. The molecule has 1 N–H and O–H groups in total. The van der Waals surface area contributed by atoms with E-state index in [0.29, 0.717) is 0 Å². The largest absolute Gasteiger partial charge is 0.314 e. The quantitative estimate of drug-likeness (QED) is 0.867. The van der Waals surface area contributed by atoms with E-state index in [-0.39, 0.29) is 0 Å². The first-order valence-corrected chi connectivity index (χ1v) is 4.87. The summed E-state index contributed by atoms with van der Waals surface area (Å²) in [5.74, 6) is 0. The highest BCUT2D eigenvalue weighted by Gasteiger charge is 2.05. The Hall–Kier alpha value is -0.870. The summed E-state index contributed by atoms with van der Waals surface area (Å²) in [6, 6.07) is 4.01. The molecule has 0 aliphatic rings. The van der Waals surface area contributed by atoms with Crippen LogP contribution in [0.15, 0.2) is 29.1 Å². The van der Waals surface area contributed by atoms with Crippen LogP contribution in [0.3, 0.4) is 0 Å².